The summed E-state index contributed by atoms with van der Waals surface area (Å²) in [6, 6.07) is -0.0938. The minimum atomic E-state index is -0.0938. The van der Waals surface area contributed by atoms with Gasteiger partial charge in [-0.3, -0.25) is 0 Å². The zero-order valence-corrected chi connectivity index (χ0v) is 7.53. The average Bonchev–Trinajstić information content (AvgIpc) is 2.55. The quantitative estimate of drug-likeness (QED) is 0.741. The summed E-state index contributed by atoms with van der Waals surface area (Å²) in [5.41, 5.74) is 5.88. The van der Waals surface area contributed by atoms with Crippen LogP contribution >= 0.6 is 0 Å². The standard InChI is InChI=1S/C8H15N3O/c1-3-4-6(2)7(9)8-10-5-12-11-8/h5-7H,3-4,9H2,1-2H3. The van der Waals surface area contributed by atoms with Gasteiger partial charge in [0.2, 0.25) is 6.39 Å². The number of hydrogen-bond acceptors (Lipinski definition) is 4. The third kappa shape index (κ3) is 2.04. The van der Waals surface area contributed by atoms with Gasteiger partial charge in [0, 0.05) is 0 Å². The maximum Gasteiger partial charge on any atom is 0.213 e. The molecule has 0 aliphatic heterocycles. The molecule has 0 aromatic carbocycles. The molecular formula is C8H15N3O. The van der Waals surface area contributed by atoms with Gasteiger partial charge in [-0.25, -0.2) is 0 Å². The second-order valence-corrected chi connectivity index (χ2v) is 3.08. The van der Waals surface area contributed by atoms with Crippen molar-refractivity contribution in [2.45, 2.75) is 32.7 Å². The summed E-state index contributed by atoms with van der Waals surface area (Å²) in [5.74, 6) is 1.02. The van der Waals surface area contributed by atoms with E-state index in [0.29, 0.717) is 11.7 Å². The van der Waals surface area contributed by atoms with Gasteiger partial charge in [-0.2, -0.15) is 4.98 Å². The topological polar surface area (TPSA) is 64.9 Å². The van der Waals surface area contributed by atoms with Crippen LogP contribution in [0.4, 0.5) is 0 Å². The summed E-state index contributed by atoms with van der Waals surface area (Å²) in [4.78, 5) is 3.92. The molecule has 0 saturated carbocycles. The molecule has 0 fully saturated rings. The highest BCUT2D eigenvalue weighted by atomic mass is 16.5. The second kappa shape index (κ2) is 4.21. The van der Waals surface area contributed by atoms with Crippen LogP contribution in [-0.4, -0.2) is 10.1 Å². The molecule has 0 radical (unpaired) electrons. The first-order valence-corrected chi connectivity index (χ1v) is 4.27. The molecule has 0 aliphatic carbocycles. The van der Waals surface area contributed by atoms with Crippen LogP contribution in [0.3, 0.4) is 0 Å². The van der Waals surface area contributed by atoms with Crippen LogP contribution in [0.5, 0.6) is 0 Å². The Labute approximate surface area is 72.1 Å². The highest BCUT2D eigenvalue weighted by molar-refractivity contribution is 4.90. The van der Waals surface area contributed by atoms with Crippen LogP contribution in [-0.2, 0) is 0 Å². The van der Waals surface area contributed by atoms with Gasteiger partial charge < -0.3 is 10.3 Å². The molecular weight excluding hydrogens is 154 g/mol. The summed E-state index contributed by atoms with van der Waals surface area (Å²) in [6.07, 6.45) is 3.54. The van der Waals surface area contributed by atoms with E-state index in [1.54, 1.807) is 0 Å². The molecule has 1 heterocycles. The van der Waals surface area contributed by atoms with Crippen LogP contribution in [0.1, 0.15) is 38.6 Å². The Morgan fingerprint density at radius 1 is 1.67 bits per heavy atom. The van der Waals surface area contributed by atoms with Gasteiger partial charge in [0.1, 0.15) is 0 Å². The lowest BCUT2D eigenvalue weighted by Gasteiger charge is -2.14. The highest BCUT2D eigenvalue weighted by Crippen LogP contribution is 2.19. The number of rotatable bonds is 4. The minimum Gasteiger partial charge on any atom is -0.343 e. The van der Waals surface area contributed by atoms with Crippen molar-refractivity contribution in [1.82, 2.24) is 10.1 Å². The van der Waals surface area contributed by atoms with E-state index in [-0.39, 0.29) is 6.04 Å². The first-order valence-electron chi connectivity index (χ1n) is 4.27. The molecule has 0 aliphatic rings. The van der Waals surface area contributed by atoms with Crippen LogP contribution in [0.25, 0.3) is 0 Å². The van der Waals surface area contributed by atoms with E-state index in [9.17, 15) is 0 Å². The van der Waals surface area contributed by atoms with E-state index in [2.05, 4.69) is 28.5 Å². The molecule has 1 aromatic rings. The first kappa shape index (κ1) is 9.19. The Morgan fingerprint density at radius 3 is 2.92 bits per heavy atom. The van der Waals surface area contributed by atoms with Gasteiger partial charge in [-0.05, 0) is 12.3 Å². The van der Waals surface area contributed by atoms with Gasteiger partial charge in [0.05, 0.1) is 6.04 Å². The smallest absolute Gasteiger partial charge is 0.213 e. The largest absolute Gasteiger partial charge is 0.343 e. The number of aromatic nitrogens is 2. The van der Waals surface area contributed by atoms with Crippen LogP contribution < -0.4 is 5.73 Å². The van der Waals surface area contributed by atoms with Crippen molar-refractivity contribution >= 4 is 0 Å². The van der Waals surface area contributed by atoms with Crippen molar-refractivity contribution in [1.29, 1.82) is 0 Å². The molecule has 2 N–H and O–H groups in total. The molecule has 0 amide bonds. The molecule has 0 bridgehead atoms. The predicted octanol–water partition coefficient (Wildman–Crippen LogP) is 1.51. The first-order chi connectivity index (χ1) is 5.75. The van der Waals surface area contributed by atoms with E-state index in [1.807, 2.05) is 0 Å². The predicted molar refractivity (Wildman–Crippen MR) is 45.3 cm³/mol. The summed E-state index contributed by atoms with van der Waals surface area (Å²) in [5, 5.41) is 3.71. The van der Waals surface area contributed by atoms with Crippen molar-refractivity contribution < 1.29 is 4.52 Å². The van der Waals surface area contributed by atoms with Crippen LogP contribution in [0, 0.1) is 5.92 Å². The van der Waals surface area contributed by atoms with Crippen molar-refractivity contribution in [3.63, 3.8) is 0 Å². The fourth-order valence-corrected chi connectivity index (χ4v) is 1.22. The molecule has 0 saturated heterocycles. The van der Waals surface area contributed by atoms with E-state index >= 15 is 0 Å². The lowest BCUT2D eigenvalue weighted by Crippen LogP contribution is -2.20. The van der Waals surface area contributed by atoms with Gasteiger partial charge >= 0.3 is 0 Å². The highest BCUT2D eigenvalue weighted by Gasteiger charge is 2.17. The Bertz CT molecular complexity index is 210. The molecule has 1 aromatic heterocycles. The normalized spacial score (nSPS) is 15.9. The Morgan fingerprint density at radius 2 is 2.42 bits per heavy atom. The van der Waals surface area contributed by atoms with Crippen molar-refractivity contribution in [2.24, 2.45) is 11.7 Å². The Hall–Kier alpha value is -0.900. The van der Waals surface area contributed by atoms with Gasteiger partial charge in [-0.1, -0.05) is 25.4 Å². The van der Waals surface area contributed by atoms with E-state index in [1.165, 1.54) is 6.39 Å². The van der Waals surface area contributed by atoms with E-state index in [0.717, 1.165) is 12.8 Å². The second-order valence-electron chi connectivity index (χ2n) is 3.08. The lowest BCUT2D eigenvalue weighted by molar-refractivity contribution is 0.374. The molecule has 1 rings (SSSR count). The third-order valence-electron chi connectivity index (χ3n) is 2.03. The summed E-state index contributed by atoms with van der Waals surface area (Å²) in [7, 11) is 0. The van der Waals surface area contributed by atoms with Crippen LogP contribution in [0.2, 0.25) is 0 Å². The van der Waals surface area contributed by atoms with Crippen molar-refractivity contribution in [2.75, 3.05) is 0 Å². The van der Waals surface area contributed by atoms with Gasteiger partial charge in [-0.15, -0.1) is 0 Å². The molecule has 2 unspecified atom stereocenters. The third-order valence-corrected chi connectivity index (χ3v) is 2.03. The summed E-state index contributed by atoms with van der Waals surface area (Å²) >= 11 is 0. The van der Waals surface area contributed by atoms with E-state index < -0.39 is 0 Å². The maximum absolute atomic E-state index is 5.88. The molecule has 2 atom stereocenters. The Kier molecular flexibility index (Phi) is 3.22. The average molecular weight is 169 g/mol. The van der Waals surface area contributed by atoms with Gasteiger partial charge in [0.15, 0.2) is 5.82 Å². The molecule has 0 spiro atoms. The summed E-state index contributed by atoms with van der Waals surface area (Å²) < 4.78 is 4.62. The molecule has 12 heavy (non-hydrogen) atoms. The molecule has 4 heteroatoms. The monoisotopic (exact) mass is 169 g/mol. The number of nitrogens with two attached hydrogens (primary N) is 1. The Balaban J connectivity index is 2.53. The lowest BCUT2D eigenvalue weighted by atomic mass is 9.97. The summed E-state index contributed by atoms with van der Waals surface area (Å²) in [6.45, 7) is 4.24. The zero-order valence-electron chi connectivity index (χ0n) is 7.53. The fraction of sp³-hybridized carbons (Fsp3) is 0.750. The maximum atomic E-state index is 5.88. The van der Waals surface area contributed by atoms with Crippen molar-refractivity contribution in [3.05, 3.63) is 12.2 Å². The molecule has 4 nitrogen and oxygen atoms in total. The SMILES string of the molecule is CCCC(C)C(N)c1ncon1. The van der Waals surface area contributed by atoms with Crippen molar-refractivity contribution in [3.8, 4) is 0 Å². The van der Waals surface area contributed by atoms with Gasteiger partial charge in [0.25, 0.3) is 0 Å². The number of nitrogens with zero attached hydrogens (tertiary/aromatic N) is 2. The minimum absolute atomic E-state index is 0.0938. The van der Waals surface area contributed by atoms with E-state index in [4.69, 9.17) is 5.73 Å². The fourth-order valence-electron chi connectivity index (χ4n) is 1.22. The molecule has 68 valence electrons. The zero-order chi connectivity index (χ0) is 8.97. The number of hydrogen-bond donors (Lipinski definition) is 1. The van der Waals surface area contributed by atoms with Crippen LogP contribution in [0.15, 0.2) is 10.9 Å².